The van der Waals surface area contributed by atoms with Crippen LogP contribution in [-0.4, -0.2) is 6.61 Å². The van der Waals surface area contributed by atoms with E-state index in [0.29, 0.717) is 6.42 Å². The van der Waals surface area contributed by atoms with Crippen molar-refractivity contribution in [2.45, 2.75) is 19.8 Å². The Morgan fingerprint density at radius 1 is 1.50 bits per heavy atom. The van der Waals surface area contributed by atoms with Crippen LogP contribution in [0.25, 0.3) is 0 Å². The van der Waals surface area contributed by atoms with E-state index in [0.717, 1.165) is 6.42 Å². The van der Waals surface area contributed by atoms with E-state index in [-0.39, 0.29) is 12.8 Å². The summed E-state index contributed by atoms with van der Waals surface area (Å²) in [7, 11) is -4.70. The summed E-state index contributed by atoms with van der Waals surface area (Å²) in [6, 6.07) is 0. The lowest BCUT2D eigenvalue weighted by Crippen LogP contribution is -2.16. The third-order valence-electron chi connectivity index (χ3n) is 0.747. The molecule has 0 aromatic rings. The van der Waals surface area contributed by atoms with Crippen LogP contribution >= 0.6 is 7.82 Å². The maximum atomic E-state index is 9.76. The molecule has 0 radical (unpaired) electrons. The molecule has 0 aliphatic heterocycles. The van der Waals surface area contributed by atoms with Crippen molar-refractivity contribution >= 4 is 7.82 Å². The predicted molar refractivity (Wildman–Crippen MR) is 34.5 cm³/mol. The van der Waals surface area contributed by atoms with Crippen molar-refractivity contribution in [3.8, 4) is 0 Å². The number of quaternary nitrogens is 1. The molecule has 10 heavy (non-hydrogen) atoms. The van der Waals surface area contributed by atoms with E-state index in [9.17, 15) is 14.4 Å². The van der Waals surface area contributed by atoms with Gasteiger partial charge in [0.15, 0.2) is 0 Å². The van der Waals surface area contributed by atoms with Gasteiger partial charge in [0.05, 0.1) is 14.4 Å². The number of phosphoric acid groups is 1. The van der Waals surface area contributed by atoms with Crippen LogP contribution in [-0.2, 0) is 9.09 Å². The van der Waals surface area contributed by atoms with Crippen LogP contribution in [0, 0.1) is 0 Å². The highest BCUT2D eigenvalue weighted by Gasteiger charge is 1.88. The van der Waals surface area contributed by atoms with Crippen LogP contribution in [0.4, 0.5) is 0 Å². The molecule has 0 amide bonds. The number of rotatable bonds is 4. The lowest BCUT2D eigenvalue weighted by molar-refractivity contribution is -0.341. The molecule has 0 aromatic heterocycles. The van der Waals surface area contributed by atoms with Crippen molar-refractivity contribution in [1.29, 1.82) is 0 Å². The van der Waals surface area contributed by atoms with Crippen LogP contribution in [0.2, 0.25) is 0 Å². The molecule has 0 aliphatic carbocycles. The molecule has 0 unspecified atom stereocenters. The number of hydrogen-bond donors (Lipinski definition) is 1. The molecule has 5 nitrogen and oxygen atoms in total. The zero-order valence-corrected chi connectivity index (χ0v) is 7.10. The molecule has 0 rings (SSSR count). The molecule has 6 heteroatoms. The fourth-order valence-electron chi connectivity index (χ4n) is 0.321. The normalized spacial score (nSPS) is 10.7. The highest BCUT2D eigenvalue weighted by Crippen LogP contribution is 2.24. The minimum absolute atomic E-state index is 0. The zero-order valence-electron chi connectivity index (χ0n) is 6.20. The number of hydrogen-bond acceptors (Lipinski definition) is 4. The molecule has 4 N–H and O–H groups in total. The highest BCUT2D eigenvalue weighted by atomic mass is 31.2. The number of phosphoric ester groups is 1. The molecule has 0 saturated heterocycles. The van der Waals surface area contributed by atoms with Gasteiger partial charge in [-0.15, -0.1) is 0 Å². The van der Waals surface area contributed by atoms with Gasteiger partial charge in [-0.1, -0.05) is 13.3 Å². The third-order valence-corrected chi connectivity index (χ3v) is 1.25. The highest BCUT2D eigenvalue weighted by molar-refractivity contribution is 7.43. The minimum Gasteiger partial charge on any atom is -0.790 e. The lowest BCUT2D eigenvalue weighted by Gasteiger charge is -2.28. The fraction of sp³-hybridized carbons (Fsp3) is 1.00. The van der Waals surface area contributed by atoms with Gasteiger partial charge in [0.25, 0.3) is 0 Å². The first-order valence-corrected chi connectivity index (χ1v) is 4.19. The van der Waals surface area contributed by atoms with Gasteiger partial charge >= 0.3 is 0 Å². The Kier molecular flexibility index (Phi) is 7.41. The third kappa shape index (κ3) is 10.9. The van der Waals surface area contributed by atoms with Crippen LogP contribution in [0.5, 0.6) is 0 Å². The zero-order chi connectivity index (χ0) is 7.33. The monoisotopic (exact) mass is 170 g/mol. The van der Waals surface area contributed by atoms with Crippen molar-refractivity contribution in [3.63, 3.8) is 0 Å². The Morgan fingerprint density at radius 3 is 2.30 bits per heavy atom. The summed E-state index contributed by atoms with van der Waals surface area (Å²) in [4.78, 5) is 19.5. The maximum absolute atomic E-state index is 9.76. The van der Waals surface area contributed by atoms with Crippen molar-refractivity contribution in [3.05, 3.63) is 0 Å². The lowest BCUT2D eigenvalue weighted by atomic mass is 10.4. The summed E-state index contributed by atoms with van der Waals surface area (Å²) in [6.45, 7) is 1.89. The summed E-state index contributed by atoms with van der Waals surface area (Å²) in [5.74, 6) is 0. The predicted octanol–water partition coefficient (Wildman–Crippen LogP) is 0.00800. The molecule has 0 bridgehead atoms. The van der Waals surface area contributed by atoms with E-state index in [1.807, 2.05) is 6.92 Å². The van der Waals surface area contributed by atoms with Crippen LogP contribution in [0.1, 0.15) is 19.8 Å². The van der Waals surface area contributed by atoms with E-state index >= 15 is 0 Å². The molecule has 0 spiro atoms. The smallest absolute Gasteiger partial charge is 0.0596 e. The van der Waals surface area contributed by atoms with Gasteiger partial charge in [0, 0.05) is 0 Å². The molecule has 0 saturated carbocycles. The molecule has 64 valence electrons. The van der Waals surface area contributed by atoms with Crippen molar-refractivity contribution < 1.29 is 18.9 Å². The van der Waals surface area contributed by atoms with Crippen LogP contribution in [0.15, 0.2) is 0 Å². The summed E-state index contributed by atoms with van der Waals surface area (Å²) in [5, 5.41) is 0. The molecule has 0 heterocycles. The quantitative estimate of drug-likeness (QED) is 0.473. The second-order valence-electron chi connectivity index (χ2n) is 1.63. The molecule has 0 atom stereocenters. The van der Waals surface area contributed by atoms with E-state index in [1.165, 1.54) is 0 Å². The standard InChI is InChI=1S/C4H11O4P.H3N/c1-2-3-4-8-9(5,6)7;/h2-4H2,1H3,(H2,5,6,7);1H3/p-1. The Labute approximate surface area is 60.2 Å². The maximum Gasteiger partial charge on any atom is 0.0596 e. The Bertz CT molecular complexity index is 112. The first-order chi connectivity index (χ1) is 4.06. The molecule has 0 aliphatic rings. The SMILES string of the molecule is CCCCOP(=O)([O-])[O-].[NH4+]. The summed E-state index contributed by atoms with van der Waals surface area (Å²) < 4.78 is 13.7. The van der Waals surface area contributed by atoms with Gasteiger partial charge in [-0.05, 0) is 6.42 Å². The van der Waals surface area contributed by atoms with E-state index < -0.39 is 7.82 Å². The average Bonchev–Trinajstić information content (AvgIpc) is 1.63. The van der Waals surface area contributed by atoms with Gasteiger partial charge in [-0.3, -0.25) is 0 Å². The van der Waals surface area contributed by atoms with E-state index in [4.69, 9.17) is 0 Å². The van der Waals surface area contributed by atoms with Gasteiger partial charge in [0.1, 0.15) is 0 Å². The Morgan fingerprint density at radius 2 is 2.00 bits per heavy atom. The molecular formula is C4H13NO4P-. The Balaban J connectivity index is 0. The summed E-state index contributed by atoms with van der Waals surface area (Å²) in [5.41, 5.74) is 0. The van der Waals surface area contributed by atoms with Gasteiger partial charge in [0.2, 0.25) is 0 Å². The van der Waals surface area contributed by atoms with Crippen molar-refractivity contribution in [1.82, 2.24) is 6.15 Å². The fourth-order valence-corrected chi connectivity index (χ4v) is 0.673. The summed E-state index contributed by atoms with van der Waals surface area (Å²) in [6.07, 6.45) is 1.43. The Hall–Kier alpha value is 0.0700. The first-order valence-electron chi connectivity index (χ1n) is 2.73. The van der Waals surface area contributed by atoms with Crippen LogP contribution in [0.3, 0.4) is 0 Å². The van der Waals surface area contributed by atoms with Crippen molar-refractivity contribution in [2.75, 3.05) is 6.61 Å². The molecule has 0 fully saturated rings. The van der Waals surface area contributed by atoms with Gasteiger partial charge in [-0.25, -0.2) is 0 Å². The van der Waals surface area contributed by atoms with E-state index in [1.54, 1.807) is 0 Å². The van der Waals surface area contributed by atoms with E-state index in [2.05, 4.69) is 4.52 Å². The summed E-state index contributed by atoms with van der Waals surface area (Å²) >= 11 is 0. The number of unbranched alkanes of at least 4 members (excludes halogenated alkanes) is 1. The second kappa shape index (κ2) is 5.82. The molecular weight excluding hydrogens is 157 g/mol. The van der Waals surface area contributed by atoms with Crippen molar-refractivity contribution in [2.24, 2.45) is 0 Å². The van der Waals surface area contributed by atoms with Crippen LogP contribution < -0.4 is 15.9 Å². The average molecular weight is 170 g/mol. The molecule has 0 aromatic carbocycles. The van der Waals surface area contributed by atoms with Gasteiger partial charge in [-0.2, -0.15) is 0 Å². The minimum atomic E-state index is -4.70. The topological polar surface area (TPSA) is 109 Å². The largest absolute Gasteiger partial charge is 0.790 e. The van der Waals surface area contributed by atoms with Gasteiger partial charge < -0.3 is 25.0 Å². The second-order valence-corrected chi connectivity index (χ2v) is 2.79. The first kappa shape index (κ1) is 12.7.